The summed E-state index contributed by atoms with van der Waals surface area (Å²) in [6, 6.07) is 10.1. The van der Waals surface area contributed by atoms with E-state index >= 15 is 0 Å². The lowest BCUT2D eigenvalue weighted by Crippen LogP contribution is -2.63. The average Bonchev–Trinajstić information content (AvgIpc) is 3.31. The van der Waals surface area contributed by atoms with E-state index in [4.69, 9.17) is 4.84 Å². The summed E-state index contributed by atoms with van der Waals surface area (Å²) in [6.45, 7) is 4.93. The summed E-state index contributed by atoms with van der Waals surface area (Å²) >= 11 is 0. The predicted octanol–water partition coefficient (Wildman–Crippen LogP) is 3.24. The van der Waals surface area contributed by atoms with Crippen molar-refractivity contribution < 1.29 is 24.6 Å². The molecule has 6 nitrogen and oxygen atoms in total. The number of benzene rings is 1. The maximum absolute atomic E-state index is 13.5. The lowest BCUT2D eigenvalue weighted by molar-refractivity contribution is -0.254. The quantitative estimate of drug-likeness (QED) is 0.693. The Labute approximate surface area is 206 Å². The normalized spacial score (nSPS) is 44.3. The summed E-state index contributed by atoms with van der Waals surface area (Å²) in [7, 11) is 0. The Balaban J connectivity index is 1.36. The van der Waals surface area contributed by atoms with E-state index < -0.39 is 23.7 Å². The number of hydroxylamine groups is 2. The van der Waals surface area contributed by atoms with Crippen LogP contribution in [0.2, 0.25) is 0 Å². The zero-order chi connectivity index (χ0) is 24.6. The maximum Gasteiger partial charge on any atom is 0.192 e. The van der Waals surface area contributed by atoms with E-state index in [1.54, 1.807) is 12.2 Å². The first-order valence-corrected chi connectivity index (χ1v) is 13.0. The Morgan fingerprint density at radius 3 is 2.74 bits per heavy atom. The first kappa shape index (κ1) is 23.3. The molecule has 4 fully saturated rings. The highest BCUT2D eigenvalue weighted by Gasteiger charge is 2.75. The lowest BCUT2D eigenvalue weighted by Gasteiger charge is -2.59. The summed E-state index contributed by atoms with van der Waals surface area (Å²) in [5.41, 5.74) is 0.197. The Bertz CT molecular complexity index is 1110. The molecule has 6 heteroatoms. The second-order valence-electron chi connectivity index (χ2n) is 11.9. The fraction of sp³-hybridized carbons (Fsp3) is 0.586. The van der Waals surface area contributed by atoms with Crippen LogP contribution in [0.3, 0.4) is 0 Å². The number of fused-ring (bicyclic) bond motifs is 7. The van der Waals surface area contributed by atoms with Gasteiger partial charge in [-0.2, -0.15) is 5.06 Å². The fourth-order valence-corrected chi connectivity index (χ4v) is 8.94. The van der Waals surface area contributed by atoms with Crippen molar-refractivity contribution in [3.05, 3.63) is 59.7 Å². The number of Topliss-reactive ketones (excluding diaryl/α,β-unsaturated/α-hetero) is 1. The summed E-state index contributed by atoms with van der Waals surface area (Å²) in [6.07, 6.45) is 7.83. The highest BCUT2D eigenvalue weighted by molar-refractivity contribution is 6.01. The summed E-state index contributed by atoms with van der Waals surface area (Å²) in [4.78, 5) is 32.2. The lowest BCUT2D eigenvalue weighted by atomic mass is 9.46. The molecule has 186 valence electrons. The van der Waals surface area contributed by atoms with Gasteiger partial charge in [0.2, 0.25) is 0 Å². The van der Waals surface area contributed by atoms with Crippen molar-refractivity contribution in [3.8, 4) is 0 Å². The molecule has 0 amide bonds. The monoisotopic (exact) mass is 477 g/mol. The molecule has 3 saturated carbocycles. The van der Waals surface area contributed by atoms with E-state index in [2.05, 4.69) is 13.8 Å². The molecule has 1 aromatic rings. The smallest absolute Gasteiger partial charge is 0.192 e. The predicted molar refractivity (Wildman–Crippen MR) is 130 cm³/mol. The van der Waals surface area contributed by atoms with Gasteiger partial charge in [0.1, 0.15) is 6.61 Å². The van der Waals surface area contributed by atoms with Gasteiger partial charge in [-0.1, -0.05) is 55.8 Å². The molecule has 4 aliphatic carbocycles. The van der Waals surface area contributed by atoms with Crippen molar-refractivity contribution in [1.82, 2.24) is 5.06 Å². The Hall–Kier alpha value is -2.12. The summed E-state index contributed by atoms with van der Waals surface area (Å²) in [5.74, 6) is 0.175. The first-order chi connectivity index (χ1) is 16.7. The van der Waals surface area contributed by atoms with Gasteiger partial charge in [-0.05, 0) is 55.2 Å². The molecular formula is C29H35NO5. The van der Waals surface area contributed by atoms with Crippen molar-refractivity contribution in [2.24, 2.45) is 34.5 Å². The SMILES string of the molecule is C[C@]12C=CC(=O)C=C1CC[C@@H]1[C@@H]2[C@@H](O)C[C@@]2(C)[C@H]1C[C@H]1CN(Cc3ccccc3)O[C@]12C(=O)CO. The van der Waals surface area contributed by atoms with Crippen LogP contribution in [-0.4, -0.2) is 51.7 Å². The third kappa shape index (κ3) is 3.10. The zero-order valence-electron chi connectivity index (χ0n) is 20.5. The molecule has 1 aliphatic heterocycles. The fourth-order valence-electron chi connectivity index (χ4n) is 8.94. The van der Waals surface area contributed by atoms with Crippen LogP contribution in [0.4, 0.5) is 0 Å². The number of nitrogens with zero attached hydrogens (tertiary/aromatic N) is 1. The van der Waals surface area contributed by atoms with Crippen LogP contribution in [0.25, 0.3) is 0 Å². The number of hydrogen-bond donors (Lipinski definition) is 2. The van der Waals surface area contributed by atoms with Crippen LogP contribution in [0.15, 0.2) is 54.1 Å². The molecule has 0 radical (unpaired) electrons. The minimum Gasteiger partial charge on any atom is -0.393 e. The minimum absolute atomic E-state index is 0.00505. The van der Waals surface area contributed by atoms with Crippen molar-refractivity contribution in [2.75, 3.05) is 13.2 Å². The molecule has 35 heavy (non-hydrogen) atoms. The van der Waals surface area contributed by atoms with Gasteiger partial charge in [-0.15, -0.1) is 0 Å². The molecule has 5 aliphatic rings. The van der Waals surface area contributed by atoms with E-state index in [9.17, 15) is 19.8 Å². The Morgan fingerprint density at radius 2 is 2.00 bits per heavy atom. The highest BCUT2D eigenvalue weighted by atomic mass is 16.7. The van der Waals surface area contributed by atoms with Crippen molar-refractivity contribution in [3.63, 3.8) is 0 Å². The molecule has 6 rings (SSSR count). The second kappa shape index (κ2) is 7.94. The number of carbonyl (C=O) groups is 2. The number of carbonyl (C=O) groups excluding carboxylic acids is 2. The number of allylic oxidation sites excluding steroid dienone is 4. The molecule has 0 unspecified atom stereocenters. The van der Waals surface area contributed by atoms with Gasteiger partial charge in [0.05, 0.1) is 6.10 Å². The molecule has 1 saturated heterocycles. The molecule has 1 heterocycles. The number of hydrogen-bond acceptors (Lipinski definition) is 6. The van der Waals surface area contributed by atoms with Gasteiger partial charge in [-0.3, -0.25) is 14.4 Å². The van der Waals surface area contributed by atoms with Crippen molar-refractivity contribution in [1.29, 1.82) is 0 Å². The van der Waals surface area contributed by atoms with Crippen LogP contribution < -0.4 is 0 Å². The van der Waals surface area contributed by atoms with Gasteiger partial charge in [0.25, 0.3) is 0 Å². The third-order valence-electron chi connectivity index (χ3n) is 10.3. The molecule has 0 aromatic heterocycles. The Kier molecular flexibility index (Phi) is 5.28. The Morgan fingerprint density at radius 1 is 1.23 bits per heavy atom. The van der Waals surface area contributed by atoms with Gasteiger partial charge >= 0.3 is 0 Å². The van der Waals surface area contributed by atoms with Crippen LogP contribution in [0, 0.1) is 34.5 Å². The van der Waals surface area contributed by atoms with Crippen LogP contribution in [-0.2, 0) is 21.0 Å². The number of ketones is 2. The third-order valence-corrected chi connectivity index (χ3v) is 10.3. The molecule has 0 bridgehead atoms. The molecule has 8 atom stereocenters. The molecular weight excluding hydrogens is 442 g/mol. The van der Waals surface area contributed by atoms with Crippen LogP contribution in [0.1, 0.15) is 45.1 Å². The van der Waals surface area contributed by atoms with Crippen LogP contribution in [0.5, 0.6) is 0 Å². The van der Waals surface area contributed by atoms with Crippen molar-refractivity contribution >= 4 is 11.6 Å². The van der Waals surface area contributed by atoms with Gasteiger partial charge in [0, 0.05) is 35.8 Å². The topological polar surface area (TPSA) is 87.1 Å². The van der Waals surface area contributed by atoms with E-state index in [0.29, 0.717) is 19.5 Å². The standard InChI is InChI=1S/C29H35NO5/c1-27-11-10-21(32)12-19(27)8-9-22-23-13-20-16-30(15-18-6-4-3-5-7-18)35-29(20,25(34)17-31)28(23,2)14-24(33)26(22)27/h3-7,10-12,20,22-24,26,31,33H,8-9,13-17H2,1-2H3/t20-,22-,23-,24-,26+,27-,28-,29-/m0/s1. The number of aliphatic hydroxyl groups is 2. The molecule has 0 spiro atoms. The average molecular weight is 478 g/mol. The zero-order valence-corrected chi connectivity index (χ0v) is 20.5. The van der Waals surface area contributed by atoms with Gasteiger partial charge in [0.15, 0.2) is 17.2 Å². The summed E-state index contributed by atoms with van der Waals surface area (Å²) < 4.78 is 0. The number of aliphatic hydroxyl groups excluding tert-OH is 2. The van der Waals surface area contributed by atoms with E-state index in [0.717, 1.165) is 30.4 Å². The van der Waals surface area contributed by atoms with Gasteiger partial charge < -0.3 is 10.2 Å². The molecule has 1 aromatic carbocycles. The maximum atomic E-state index is 13.5. The van der Waals surface area contributed by atoms with E-state index in [-0.39, 0.29) is 40.7 Å². The van der Waals surface area contributed by atoms with Gasteiger partial charge in [-0.25, -0.2) is 0 Å². The first-order valence-electron chi connectivity index (χ1n) is 13.0. The minimum atomic E-state index is -1.12. The summed E-state index contributed by atoms with van der Waals surface area (Å²) in [5, 5.41) is 23.7. The highest BCUT2D eigenvalue weighted by Crippen LogP contribution is 2.70. The largest absolute Gasteiger partial charge is 0.393 e. The van der Waals surface area contributed by atoms with Crippen molar-refractivity contribution in [2.45, 2.75) is 57.8 Å². The number of rotatable bonds is 4. The van der Waals surface area contributed by atoms with E-state index in [1.807, 2.05) is 41.5 Å². The molecule has 2 N–H and O–H groups in total. The van der Waals surface area contributed by atoms with Crippen LogP contribution >= 0.6 is 0 Å². The van der Waals surface area contributed by atoms with E-state index in [1.165, 1.54) is 0 Å². The second-order valence-corrected chi connectivity index (χ2v) is 11.9.